The Balaban J connectivity index is 1.90. The lowest BCUT2D eigenvalue weighted by molar-refractivity contribution is 1.18. The molecule has 0 unspecified atom stereocenters. The first kappa shape index (κ1) is 9.89. The predicted octanol–water partition coefficient (Wildman–Crippen LogP) is 3.01. The average molecular weight is 240 g/mol. The van der Waals surface area contributed by atoms with Gasteiger partial charge in [0.2, 0.25) is 0 Å². The average Bonchev–Trinajstić information content (AvgIpc) is 2.87. The molecule has 0 spiro atoms. The van der Waals surface area contributed by atoms with Gasteiger partial charge >= 0.3 is 0 Å². The molecule has 2 heterocycles. The summed E-state index contributed by atoms with van der Waals surface area (Å²) in [7, 11) is 0. The fraction of sp³-hybridized carbons (Fsp3) is 0.111. The van der Waals surface area contributed by atoms with E-state index < -0.39 is 0 Å². The lowest BCUT2D eigenvalue weighted by Crippen LogP contribution is -2.01. The van der Waals surface area contributed by atoms with Gasteiger partial charge in [0.05, 0.1) is 0 Å². The number of hydrogen-bond acceptors (Lipinski definition) is 4. The van der Waals surface area contributed by atoms with Gasteiger partial charge in [-0.1, -0.05) is 30.0 Å². The lowest BCUT2D eigenvalue weighted by Gasteiger charge is -2.01. The van der Waals surface area contributed by atoms with Crippen molar-refractivity contribution in [2.24, 2.45) is 0 Å². The van der Waals surface area contributed by atoms with E-state index in [4.69, 9.17) is 12.2 Å². The summed E-state index contributed by atoms with van der Waals surface area (Å²) in [6.07, 6.45) is 5.32. The fourth-order valence-corrected chi connectivity index (χ4v) is 2.81. The Morgan fingerprint density at radius 3 is 3.21 bits per heavy atom. The molecule has 0 amide bonds. The number of hydrogen-bond donors (Lipinski definition) is 0. The van der Waals surface area contributed by atoms with E-state index in [0.717, 1.165) is 10.1 Å². The Labute approximate surface area is 96.0 Å². The maximum Gasteiger partial charge on any atom is 0.146 e. The topological polar surface area (TPSA) is 17.8 Å². The van der Waals surface area contributed by atoms with Crippen molar-refractivity contribution in [3.05, 3.63) is 41.1 Å². The monoisotopic (exact) mass is 240 g/mol. The zero-order valence-corrected chi connectivity index (χ0v) is 9.74. The molecule has 2 aromatic heterocycles. The summed E-state index contributed by atoms with van der Waals surface area (Å²) in [5.41, 5.74) is 0. The molecule has 0 radical (unpaired) electrons. The van der Waals surface area contributed by atoms with Crippen LogP contribution in [0.4, 0.5) is 0 Å². The van der Waals surface area contributed by atoms with Crippen LogP contribution < -0.4 is 0 Å². The summed E-state index contributed by atoms with van der Waals surface area (Å²) in [6.45, 7) is 0. The third-order valence-electron chi connectivity index (χ3n) is 1.63. The summed E-state index contributed by atoms with van der Waals surface area (Å²) in [5, 5.41) is 2.08. The van der Waals surface area contributed by atoms with E-state index in [-0.39, 0.29) is 0 Å². The van der Waals surface area contributed by atoms with E-state index in [1.54, 1.807) is 35.6 Å². The van der Waals surface area contributed by atoms with Gasteiger partial charge in [0.15, 0.2) is 0 Å². The normalized spacial score (nSPS) is 10.3. The molecule has 0 aliphatic rings. The molecular weight excluding hydrogens is 232 g/mol. The fourth-order valence-electron chi connectivity index (χ4n) is 0.969. The molecule has 0 atom stereocenters. The van der Waals surface area contributed by atoms with E-state index >= 15 is 0 Å². The number of thiocarbonyl (C=S) groups is 1. The zero-order chi connectivity index (χ0) is 9.80. The summed E-state index contributed by atoms with van der Waals surface area (Å²) >= 11 is 8.65. The molecule has 0 fully saturated rings. The van der Waals surface area contributed by atoms with Gasteiger partial charge in [0.1, 0.15) is 10.6 Å². The van der Waals surface area contributed by atoms with Crippen LogP contribution in [0.25, 0.3) is 0 Å². The predicted molar refractivity (Wildman–Crippen MR) is 65.8 cm³/mol. The standard InChI is InChI=1S/C9H8N2S3/c12-9(11-4-3-10-7-11)14-6-8-2-1-5-13-8/h1-5,7H,6H2. The largest absolute Gasteiger partial charge is 0.291 e. The second kappa shape index (κ2) is 4.72. The zero-order valence-electron chi connectivity index (χ0n) is 7.29. The second-order valence-corrected chi connectivity index (χ2v) is 5.25. The SMILES string of the molecule is S=C(SCc1cccs1)n1ccnc1. The third-order valence-corrected chi connectivity index (χ3v) is 4.17. The van der Waals surface area contributed by atoms with E-state index in [2.05, 4.69) is 22.5 Å². The number of thiophene rings is 1. The lowest BCUT2D eigenvalue weighted by atomic mass is 10.5. The number of rotatable bonds is 2. The maximum atomic E-state index is 5.24. The first-order valence-electron chi connectivity index (χ1n) is 4.04. The van der Waals surface area contributed by atoms with Gasteiger partial charge in [-0.25, -0.2) is 4.98 Å². The molecule has 2 aromatic rings. The summed E-state index contributed by atoms with van der Waals surface area (Å²) in [4.78, 5) is 5.30. The van der Waals surface area contributed by atoms with Crippen molar-refractivity contribution in [3.8, 4) is 0 Å². The highest BCUT2D eigenvalue weighted by molar-refractivity contribution is 8.22. The van der Waals surface area contributed by atoms with Crippen LogP contribution in [0.2, 0.25) is 0 Å². The Hall–Kier alpha value is -0.650. The molecular formula is C9H8N2S3. The van der Waals surface area contributed by atoms with Gasteiger partial charge in [-0.05, 0) is 11.4 Å². The minimum Gasteiger partial charge on any atom is -0.291 e. The second-order valence-electron chi connectivity index (χ2n) is 2.60. The smallest absolute Gasteiger partial charge is 0.146 e. The van der Waals surface area contributed by atoms with Crippen molar-refractivity contribution in [2.75, 3.05) is 0 Å². The van der Waals surface area contributed by atoms with Crippen LogP contribution in [0.1, 0.15) is 4.88 Å². The van der Waals surface area contributed by atoms with Crippen molar-refractivity contribution in [1.29, 1.82) is 0 Å². The molecule has 2 rings (SSSR count). The Morgan fingerprint density at radius 2 is 2.57 bits per heavy atom. The van der Waals surface area contributed by atoms with Crippen molar-refractivity contribution < 1.29 is 0 Å². The van der Waals surface area contributed by atoms with E-state index in [0.29, 0.717) is 0 Å². The van der Waals surface area contributed by atoms with Gasteiger partial charge in [0, 0.05) is 23.0 Å². The molecule has 0 aliphatic carbocycles. The van der Waals surface area contributed by atoms with Crippen molar-refractivity contribution in [1.82, 2.24) is 9.55 Å². The number of thioether (sulfide) groups is 1. The number of aromatic nitrogens is 2. The van der Waals surface area contributed by atoms with Crippen LogP contribution >= 0.6 is 35.3 Å². The van der Waals surface area contributed by atoms with Gasteiger partial charge < -0.3 is 0 Å². The van der Waals surface area contributed by atoms with Gasteiger partial charge in [-0.15, -0.1) is 11.3 Å². The molecule has 2 nitrogen and oxygen atoms in total. The van der Waals surface area contributed by atoms with E-state index in [1.165, 1.54) is 4.88 Å². The number of imidazole rings is 1. The van der Waals surface area contributed by atoms with Crippen LogP contribution in [0.15, 0.2) is 36.2 Å². The first-order valence-corrected chi connectivity index (χ1v) is 6.31. The van der Waals surface area contributed by atoms with Crippen LogP contribution in [0.5, 0.6) is 0 Å². The summed E-state index contributed by atoms with van der Waals surface area (Å²) in [6, 6.07) is 4.18. The molecule has 0 saturated heterocycles. The summed E-state index contributed by atoms with van der Waals surface area (Å²) < 4.78 is 2.70. The van der Waals surface area contributed by atoms with Gasteiger partial charge in [-0.3, -0.25) is 4.57 Å². The summed E-state index contributed by atoms with van der Waals surface area (Å²) in [5.74, 6) is 0.939. The number of nitrogens with zero attached hydrogens (tertiary/aromatic N) is 2. The van der Waals surface area contributed by atoms with E-state index in [1.807, 2.05) is 10.8 Å². The molecule has 0 aliphatic heterocycles. The highest BCUT2D eigenvalue weighted by Gasteiger charge is 2.01. The third kappa shape index (κ3) is 2.43. The van der Waals surface area contributed by atoms with Gasteiger partial charge in [0.25, 0.3) is 0 Å². The van der Waals surface area contributed by atoms with E-state index in [9.17, 15) is 0 Å². The maximum absolute atomic E-state index is 5.24. The molecule has 5 heteroatoms. The van der Waals surface area contributed by atoms with Crippen LogP contribution in [0, 0.1) is 0 Å². The highest BCUT2D eigenvalue weighted by atomic mass is 32.2. The molecule has 0 N–H and O–H groups in total. The van der Waals surface area contributed by atoms with Crippen molar-refractivity contribution >= 4 is 39.6 Å². The van der Waals surface area contributed by atoms with Gasteiger partial charge in [-0.2, -0.15) is 0 Å². The molecule has 0 bridgehead atoms. The van der Waals surface area contributed by atoms with Crippen LogP contribution in [-0.4, -0.2) is 13.9 Å². The first-order chi connectivity index (χ1) is 6.86. The molecule has 72 valence electrons. The molecule has 0 saturated carbocycles. The molecule has 14 heavy (non-hydrogen) atoms. The van der Waals surface area contributed by atoms with Crippen molar-refractivity contribution in [3.63, 3.8) is 0 Å². The minimum absolute atomic E-state index is 0.843. The van der Waals surface area contributed by atoms with Crippen LogP contribution in [-0.2, 0) is 5.75 Å². The molecule has 0 aromatic carbocycles. The Bertz CT molecular complexity index is 392. The van der Waals surface area contributed by atoms with Crippen molar-refractivity contribution in [2.45, 2.75) is 5.75 Å². The minimum atomic E-state index is 0.843. The highest BCUT2D eigenvalue weighted by Crippen LogP contribution is 2.18. The van der Waals surface area contributed by atoms with Crippen LogP contribution in [0.3, 0.4) is 0 Å². The Morgan fingerprint density at radius 1 is 1.64 bits per heavy atom. The quantitative estimate of drug-likeness (QED) is 0.752. The Kier molecular flexibility index (Phi) is 3.34.